The predicted octanol–water partition coefficient (Wildman–Crippen LogP) is 2.57. The van der Waals surface area contributed by atoms with Gasteiger partial charge in [-0.05, 0) is 31.4 Å². The largest absolute Gasteiger partial charge is 0.479 e. The van der Waals surface area contributed by atoms with Gasteiger partial charge in [0.1, 0.15) is 0 Å². The zero-order valence-corrected chi connectivity index (χ0v) is 16.0. The van der Waals surface area contributed by atoms with E-state index < -0.39 is 18.0 Å². The molecule has 0 aliphatic carbocycles. The third kappa shape index (κ3) is 3.83. The summed E-state index contributed by atoms with van der Waals surface area (Å²) >= 11 is 1.53. The van der Waals surface area contributed by atoms with Crippen LogP contribution in [0.1, 0.15) is 30.2 Å². The van der Waals surface area contributed by atoms with E-state index in [0.717, 1.165) is 4.88 Å². The molecule has 1 unspecified atom stereocenters. The normalized spacial score (nSPS) is 12.4. The van der Waals surface area contributed by atoms with Gasteiger partial charge in [-0.15, -0.1) is 11.3 Å². The van der Waals surface area contributed by atoms with Gasteiger partial charge in [0.25, 0.3) is 5.91 Å². The lowest BCUT2D eigenvalue weighted by Crippen LogP contribution is -2.37. The second-order valence-electron chi connectivity index (χ2n) is 6.23. The molecule has 3 heterocycles. The third-order valence-electron chi connectivity index (χ3n) is 4.08. The quantitative estimate of drug-likeness (QED) is 0.644. The maximum absolute atomic E-state index is 12.8. The van der Waals surface area contributed by atoms with Gasteiger partial charge in [-0.2, -0.15) is 5.10 Å². The Morgan fingerprint density at radius 3 is 2.78 bits per heavy atom. The van der Waals surface area contributed by atoms with Gasteiger partial charge in [-0.3, -0.25) is 4.79 Å². The van der Waals surface area contributed by atoms with Crippen molar-refractivity contribution in [2.75, 3.05) is 13.7 Å². The molecule has 2 N–H and O–H groups in total. The molecule has 1 atom stereocenters. The molecule has 0 spiro atoms. The number of methoxy groups -OCH3 is 1. The van der Waals surface area contributed by atoms with Crippen LogP contribution < -0.4 is 5.32 Å². The number of ether oxygens (including phenoxy) is 1. The monoisotopic (exact) mass is 388 g/mol. The smallest absolute Gasteiger partial charge is 0.334 e. The molecule has 27 heavy (non-hydrogen) atoms. The van der Waals surface area contributed by atoms with E-state index in [-0.39, 0.29) is 12.6 Å². The second kappa shape index (κ2) is 7.85. The van der Waals surface area contributed by atoms with Crippen LogP contribution in [0.2, 0.25) is 0 Å². The molecule has 0 aliphatic rings. The summed E-state index contributed by atoms with van der Waals surface area (Å²) in [4.78, 5) is 29.5. The fraction of sp³-hybridized carbons (Fsp3) is 0.333. The zero-order valence-electron chi connectivity index (χ0n) is 15.2. The van der Waals surface area contributed by atoms with E-state index in [2.05, 4.69) is 10.4 Å². The van der Waals surface area contributed by atoms with Gasteiger partial charge in [0.2, 0.25) is 0 Å². The van der Waals surface area contributed by atoms with Crippen molar-refractivity contribution in [2.45, 2.75) is 26.0 Å². The third-order valence-corrected chi connectivity index (χ3v) is 4.97. The van der Waals surface area contributed by atoms with Crippen LogP contribution in [0.15, 0.2) is 29.8 Å². The minimum atomic E-state index is -1.13. The molecular formula is C18H20N4O4S. The van der Waals surface area contributed by atoms with Crippen molar-refractivity contribution >= 4 is 34.2 Å². The average Bonchev–Trinajstić information content (AvgIpc) is 3.30. The van der Waals surface area contributed by atoms with Gasteiger partial charge >= 0.3 is 5.97 Å². The van der Waals surface area contributed by atoms with Crippen LogP contribution in [0, 0.1) is 0 Å². The van der Waals surface area contributed by atoms with Gasteiger partial charge < -0.3 is 15.2 Å². The molecular weight excluding hydrogens is 368 g/mol. The van der Waals surface area contributed by atoms with E-state index >= 15 is 0 Å². The molecule has 0 fully saturated rings. The van der Waals surface area contributed by atoms with Crippen molar-refractivity contribution < 1.29 is 19.4 Å². The van der Waals surface area contributed by atoms with E-state index in [4.69, 9.17) is 14.8 Å². The molecule has 0 aromatic carbocycles. The summed E-state index contributed by atoms with van der Waals surface area (Å²) in [7, 11) is 1.29. The van der Waals surface area contributed by atoms with Gasteiger partial charge in [0, 0.05) is 13.2 Å². The van der Waals surface area contributed by atoms with E-state index in [1.807, 2.05) is 31.4 Å². The molecule has 0 aliphatic heterocycles. The number of thiophene rings is 1. The number of pyridine rings is 1. The summed E-state index contributed by atoms with van der Waals surface area (Å²) in [5.41, 5.74) is 1.68. The highest BCUT2D eigenvalue weighted by Gasteiger charge is 2.21. The Morgan fingerprint density at radius 2 is 2.19 bits per heavy atom. The van der Waals surface area contributed by atoms with Crippen LogP contribution >= 0.6 is 11.3 Å². The number of rotatable bonds is 7. The molecule has 9 heteroatoms. The molecule has 8 nitrogen and oxygen atoms in total. The summed E-state index contributed by atoms with van der Waals surface area (Å²) in [5, 5.41) is 18.6. The summed E-state index contributed by atoms with van der Waals surface area (Å²) in [6.45, 7) is 3.84. The van der Waals surface area contributed by atoms with Crippen LogP contribution in [0.5, 0.6) is 0 Å². The van der Waals surface area contributed by atoms with Crippen molar-refractivity contribution in [1.29, 1.82) is 0 Å². The lowest BCUT2D eigenvalue weighted by molar-refractivity contribution is -0.148. The first-order valence-corrected chi connectivity index (χ1v) is 9.26. The maximum atomic E-state index is 12.8. The predicted molar refractivity (Wildman–Crippen MR) is 102 cm³/mol. The number of carbonyl (C=O) groups excluding carboxylic acids is 1. The number of nitrogens with zero attached hydrogens (tertiary/aromatic N) is 3. The number of hydrogen-bond acceptors (Lipinski definition) is 6. The molecule has 0 radical (unpaired) electrons. The van der Waals surface area contributed by atoms with Crippen molar-refractivity contribution in [3.63, 3.8) is 0 Å². The van der Waals surface area contributed by atoms with Crippen LogP contribution in [-0.4, -0.2) is 51.5 Å². The molecule has 3 aromatic heterocycles. The first-order chi connectivity index (χ1) is 12.9. The highest BCUT2D eigenvalue weighted by molar-refractivity contribution is 7.13. The standard InChI is InChI=1S/C18H20N4O4S/c1-10(2)22-16-12(8-20-22)11(7-13(21-16)15-5-4-6-27-15)17(23)19-9-14(26-3)18(24)25/h4-8,10,14H,9H2,1-3H3,(H,19,23)(H,24,25). The van der Waals surface area contributed by atoms with Crippen LogP contribution in [-0.2, 0) is 9.53 Å². The number of carboxylic acids is 1. The zero-order chi connectivity index (χ0) is 19.6. The number of hydrogen-bond donors (Lipinski definition) is 2. The number of carboxylic acid groups (broad SMARTS) is 1. The molecule has 0 bridgehead atoms. The van der Waals surface area contributed by atoms with Crippen molar-refractivity contribution in [3.05, 3.63) is 35.3 Å². The second-order valence-corrected chi connectivity index (χ2v) is 7.17. The molecule has 0 saturated carbocycles. The van der Waals surface area contributed by atoms with Crippen molar-refractivity contribution in [2.24, 2.45) is 0 Å². The highest BCUT2D eigenvalue weighted by atomic mass is 32.1. The first-order valence-electron chi connectivity index (χ1n) is 8.38. The number of fused-ring (bicyclic) bond motifs is 1. The summed E-state index contributed by atoms with van der Waals surface area (Å²) in [6, 6.07) is 5.64. The summed E-state index contributed by atoms with van der Waals surface area (Å²) in [5.74, 6) is -1.53. The van der Waals surface area contributed by atoms with E-state index in [1.165, 1.54) is 18.4 Å². The van der Waals surface area contributed by atoms with E-state index in [1.54, 1.807) is 16.9 Å². The van der Waals surface area contributed by atoms with Crippen LogP contribution in [0.25, 0.3) is 21.6 Å². The van der Waals surface area contributed by atoms with E-state index in [0.29, 0.717) is 22.3 Å². The average molecular weight is 388 g/mol. The number of carbonyl (C=O) groups is 2. The van der Waals surface area contributed by atoms with Gasteiger partial charge in [0.15, 0.2) is 11.8 Å². The van der Waals surface area contributed by atoms with Crippen LogP contribution in [0.3, 0.4) is 0 Å². The molecule has 3 aromatic rings. The Hall–Kier alpha value is -2.78. The Morgan fingerprint density at radius 1 is 1.41 bits per heavy atom. The number of aromatic nitrogens is 3. The molecule has 3 rings (SSSR count). The Kier molecular flexibility index (Phi) is 5.52. The summed E-state index contributed by atoms with van der Waals surface area (Å²) < 4.78 is 6.62. The Labute approximate surface area is 159 Å². The lowest BCUT2D eigenvalue weighted by Gasteiger charge is -2.13. The minimum absolute atomic E-state index is 0.0781. The van der Waals surface area contributed by atoms with Crippen molar-refractivity contribution in [3.8, 4) is 10.6 Å². The topological polar surface area (TPSA) is 106 Å². The first kappa shape index (κ1) is 19.0. The Balaban J connectivity index is 2.03. The Bertz CT molecular complexity index is 965. The van der Waals surface area contributed by atoms with Gasteiger partial charge in [0.05, 0.1) is 34.3 Å². The number of nitrogens with one attached hydrogen (secondary N) is 1. The fourth-order valence-electron chi connectivity index (χ4n) is 2.69. The molecule has 0 saturated heterocycles. The van der Waals surface area contributed by atoms with Gasteiger partial charge in [-0.1, -0.05) is 6.07 Å². The highest BCUT2D eigenvalue weighted by Crippen LogP contribution is 2.28. The SMILES string of the molecule is COC(CNC(=O)c1cc(-c2cccs2)nc2c1cnn2C(C)C)C(=O)O. The van der Waals surface area contributed by atoms with Crippen molar-refractivity contribution in [1.82, 2.24) is 20.1 Å². The van der Waals surface area contributed by atoms with Gasteiger partial charge in [-0.25, -0.2) is 14.5 Å². The summed E-state index contributed by atoms with van der Waals surface area (Å²) in [6.07, 6.45) is 0.502. The number of aliphatic carboxylic acids is 1. The minimum Gasteiger partial charge on any atom is -0.479 e. The van der Waals surface area contributed by atoms with Crippen LogP contribution in [0.4, 0.5) is 0 Å². The molecule has 1 amide bonds. The fourth-order valence-corrected chi connectivity index (χ4v) is 3.37. The van der Waals surface area contributed by atoms with E-state index in [9.17, 15) is 9.59 Å². The lowest BCUT2D eigenvalue weighted by atomic mass is 10.1. The number of amides is 1. The molecule has 142 valence electrons. The maximum Gasteiger partial charge on any atom is 0.334 e.